The number of rotatable bonds is 5. The van der Waals surface area contributed by atoms with Gasteiger partial charge in [0, 0.05) is 13.0 Å². The summed E-state index contributed by atoms with van der Waals surface area (Å²) < 4.78 is 0. The molecule has 5 nitrogen and oxygen atoms in total. The van der Waals surface area contributed by atoms with Crippen molar-refractivity contribution >= 4 is 11.8 Å². The lowest BCUT2D eigenvalue weighted by atomic mass is 10.1. The first-order chi connectivity index (χ1) is 8.00. The minimum absolute atomic E-state index is 0.0528. The monoisotopic (exact) mass is 236 g/mol. The molecule has 2 amide bonds. The van der Waals surface area contributed by atoms with Gasteiger partial charge < -0.3 is 16.2 Å². The molecule has 0 radical (unpaired) electrons. The van der Waals surface area contributed by atoms with Crippen LogP contribution in [-0.2, 0) is 4.79 Å². The van der Waals surface area contributed by atoms with E-state index in [4.69, 9.17) is 5.73 Å². The van der Waals surface area contributed by atoms with Gasteiger partial charge in [0.1, 0.15) is 5.75 Å². The zero-order valence-electron chi connectivity index (χ0n) is 9.69. The molecule has 0 unspecified atom stereocenters. The molecule has 0 atom stereocenters. The summed E-state index contributed by atoms with van der Waals surface area (Å²) in [5, 5.41) is 12.1. The van der Waals surface area contributed by atoms with Crippen molar-refractivity contribution in [2.75, 3.05) is 6.54 Å². The third kappa shape index (κ3) is 4.14. The number of phenols is 1. The highest BCUT2D eigenvalue weighted by atomic mass is 16.3. The molecule has 0 saturated carbocycles. The summed E-state index contributed by atoms with van der Waals surface area (Å²) in [6.45, 7) is 2.19. The highest BCUT2D eigenvalue weighted by molar-refractivity contribution is 5.96. The van der Waals surface area contributed by atoms with Gasteiger partial charge in [-0.25, -0.2) is 0 Å². The highest BCUT2D eigenvalue weighted by Crippen LogP contribution is 2.17. The fraction of sp³-hybridized carbons (Fsp3) is 0.333. The smallest absolute Gasteiger partial charge is 0.255 e. The summed E-state index contributed by atoms with van der Waals surface area (Å²) in [5.41, 5.74) is 6.11. The van der Waals surface area contributed by atoms with Crippen LogP contribution in [0.2, 0.25) is 0 Å². The molecule has 1 rings (SSSR count). The fourth-order valence-electron chi connectivity index (χ4n) is 1.39. The van der Waals surface area contributed by atoms with Gasteiger partial charge in [-0.1, -0.05) is 11.6 Å². The third-order valence-corrected chi connectivity index (χ3v) is 2.28. The molecule has 4 N–H and O–H groups in total. The summed E-state index contributed by atoms with van der Waals surface area (Å²) >= 11 is 0. The lowest BCUT2D eigenvalue weighted by Crippen LogP contribution is -2.25. The summed E-state index contributed by atoms with van der Waals surface area (Å²) in [5.74, 6) is -0.795. The molecule has 0 aliphatic rings. The number of primary amides is 1. The van der Waals surface area contributed by atoms with Gasteiger partial charge >= 0.3 is 0 Å². The van der Waals surface area contributed by atoms with Crippen molar-refractivity contribution in [1.29, 1.82) is 0 Å². The van der Waals surface area contributed by atoms with Gasteiger partial charge in [-0.2, -0.15) is 0 Å². The number of nitrogens with one attached hydrogen (secondary N) is 1. The van der Waals surface area contributed by atoms with Crippen LogP contribution in [0.4, 0.5) is 0 Å². The quantitative estimate of drug-likeness (QED) is 0.657. The number of amides is 2. The molecule has 1 aromatic carbocycles. The highest BCUT2D eigenvalue weighted by Gasteiger charge is 2.10. The Labute approximate surface area is 99.6 Å². The summed E-state index contributed by atoms with van der Waals surface area (Å²) in [6, 6.07) is 4.81. The van der Waals surface area contributed by atoms with Gasteiger partial charge in [-0.05, 0) is 25.5 Å². The number of hydrogen-bond donors (Lipinski definition) is 3. The normalized spacial score (nSPS) is 9.94. The second-order valence-corrected chi connectivity index (χ2v) is 3.85. The molecule has 0 aliphatic carbocycles. The zero-order valence-corrected chi connectivity index (χ0v) is 9.69. The van der Waals surface area contributed by atoms with Gasteiger partial charge in [-0.15, -0.1) is 0 Å². The molecule has 1 aromatic rings. The molecule has 0 aromatic heterocycles. The Morgan fingerprint density at radius 2 is 2.12 bits per heavy atom. The molecule has 92 valence electrons. The zero-order chi connectivity index (χ0) is 12.8. The van der Waals surface area contributed by atoms with Gasteiger partial charge in [0.15, 0.2) is 0 Å². The van der Waals surface area contributed by atoms with E-state index >= 15 is 0 Å². The van der Waals surface area contributed by atoms with Gasteiger partial charge in [0.2, 0.25) is 5.91 Å². The molecule has 0 saturated heterocycles. The second-order valence-electron chi connectivity index (χ2n) is 3.85. The lowest BCUT2D eigenvalue weighted by Gasteiger charge is -2.07. The minimum atomic E-state index is -0.391. The Bertz CT molecular complexity index is 430. The lowest BCUT2D eigenvalue weighted by molar-refractivity contribution is -0.118. The maximum atomic E-state index is 11.7. The average molecular weight is 236 g/mol. The number of aryl methyl sites for hydroxylation is 1. The second kappa shape index (κ2) is 5.89. The van der Waals surface area contributed by atoms with E-state index in [-0.39, 0.29) is 23.6 Å². The maximum absolute atomic E-state index is 11.7. The topological polar surface area (TPSA) is 92.4 Å². The van der Waals surface area contributed by atoms with Crippen molar-refractivity contribution < 1.29 is 14.7 Å². The SMILES string of the molecule is Cc1ccc(O)c(C(=O)NCCCC(N)=O)c1. The van der Waals surface area contributed by atoms with E-state index in [9.17, 15) is 14.7 Å². The van der Waals surface area contributed by atoms with Crippen LogP contribution in [-0.4, -0.2) is 23.5 Å². The first kappa shape index (κ1) is 13.0. The van der Waals surface area contributed by atoms with E-state index in [1.54, 1.807) is 12.1 Å². The fourth-order valence-corrected chi connectivity index (χ4v) is 1.39. The number of aromatic hydroxyl groups is 1. The van der Waals surface area contributed by atoms with E-state index in [0.29, 0.717) is 13.0 Å². The Hall–Kier alpha value is -2.04. The number of carbonyl (C=O) groups excluding carboxylic acids is 2. The van der Waals surface area contributed by atoms with Crippen LogP contribution in [0.15, 0.2) is 18.2 Å². The molecule has 0 aliphatic heterocycles. The van der Waals surface area contributed by atoms with Crippen molar-refractivity contribution in [3.63, 3.8) is 0 Å². The van der Waals surface area contributed by atoms with E-state index in [1.165, 1.54) is 6.07 Å². The number of phenolic OH excluding ortho intramolecular Hbond substituents is 1. The number of hydrogen-bond acceptors (Lipinski definition) is 3. The van der Waals surface area contributed by atoms with Crippen molar-refractivity contribution in [1.82, 2.24) is 5.32 Å². The third-order valence-electron chi connectivity index (χ3n) is 2.28. The molecule has 0 bridgehead atoms. The first-order valence-corrected chi connectivity index (χ1v) is 5.37. The summed E-state index contributed by atoms with van der Waals surface area (Å²) in [4.78, 5) is 22.2. The van der Waals surface area contributed by atoms with Gasteiger partial charge in [0.25, 0.3) is 5.91 Å². The van der Waals surface area contributed by atoms with E-state index < -0.39 is 5.91 Å². The largest absolute Gasteiger partial charge is 0.507 e. The molecular formula is C12H16N2O3. The first-order valence-electron chi connectivity index (χ1n) is 5.37. The maximum Gasteiger partial charge on any atom is 0.255 e. The number of nitrogens with two attached hydrogens (primary N) is 1. The minimum Gasteiger partial charge on any atom is -0.507 e. The van der Waals surface area contributed by atoms with E-state index in [2.05, 4.69) is 5.32 Å². The Kier molecular flexibility index (Phi) is 4.51. The molecular weight excluding hydrogens is 220 g/mol. The van der Waals surface area contributed by atoms with Crippen molar-refractivity contribution in [3.8, 4) is 5.75 Å². The predicted octanol–water partition coefficient (Wildman–Crippen LogP) is 0.696. The predicted molar refractivity (Wildman–Crippen MR) is 63.6 cm³/mol. The van der Waals surface area contributed by atoms with Gasteiger partial charge in [-0.3, -0.25) is 9.59 Å². The number of carbonyl (C=O) groups is 2. The molecule has 0 heterocycles. The van der Waals surface area contributed by atoms with E-state index in [1.807, 2.05) is 6.92 Å². The number of benzene rings is 1. The summed E-state index contributed by atoms with van der Waals surface area (Å²) in [7, 11) is 0. The van der Waals surface area contributed by atoms with Crippen LogP contribution in [0.1, 0.15) is 28.8 Å². The molecule has 0 fully saturated rings. The van der Waals surface area contributed by atoms with Crippen LogP contribution >= 0.6 is 0 Å². The molecule has 0 spiro atoms. The van der Waals surface area contributed by atoms with Crippen LogP contribution in [0, 0.1) is 6.92 Å². The summed E-state index contributed by atoms with van der Waals surface area (Å²) in [6.07, 6.45) is 0.730. The van der Waals surface area contributed by atoms with E-state index in [0.717, 1.165) is 5.56 Å². The van der Waals surface area contributed by atoms with Gasteiger partial charge in [0.05, 0.1) is 5.56 Å². The van der Waals surface area contributed by atoms with Crippen LogP contribution in [0.3, 0.4) is 0 Å². The molecule has 17 heavy (non-hydrogen) atoms. The Morgan fingerprint density at radius 1 is 1.41 bits per heavy atom. The average Bonchev–Trinajstić information content (AvgIpc) is 2.27. The van der Waals surface area contributed by atoms with Crippen molar-refractivity contribution in [2.45, 2.75) is 19.8 Å². The van der Waals surface area contributed by atoms with Crippen LogP contribution in [0.25, 0.3) is 0 Å². The standard InChI is InChI=1S/C12H16N2O3/c1-8-4-5-10(15)9(7-8)12(17)14-6-2-3-11(13)16/h4-5,7,15H,2-3,6H2,1H3,(H2,13,16)(H,14,17). The van der Waals surface area contributed by atoms with Crippen LogP contribution < -0.4 is 11.1 Å². The van der Waals surface area contributed by atoms with Crippen molar-refractivity contribution in [2.24, 2.45) is 5.73 Å². The Morgan fingerprint density at radius 3 is 2.76 bits per heavy atom. The van der Waals surface area contributed by atoms with Crippen LogP contribution in [0.5, 0.6) is 5.75 Å². The Balaban J connectivity index is 2.52. The van der Waals surface area contributed by atoms with Crippen molar-refractivity contribution in [3.05, 3.63) is 29.3 Å². The molecule has 5 heteroatoms.